The van der Waals surface area contributed by atoms with Crippen molar-refractivity contribution in [3.8, 4) is 0 Å². The average molecular weight is 300 g/mol. The molecule has 3 fully saturated rings. The van der Waals surface area contributed by atoms with E-state index < -0.39 is 0 Å². The molecule has 0 spiro atoms. The number of rotatable bonds is 3. The molecule has 3 atom stereocenters. The molecule has 3 aliphatic rings. The maximum atomic E-state index is 4.47. The Morgan fingerprint density at radius 1 is 1.09 bits per heavy atom. The molecule has 4 nitrogen and oxygen atoms in total. The van der Waals surface area contributed by atoms with Crippen molar-refractivity contribution in [1.82, 2.24) is 15.2 Å². The molecule has 1 aromatic rings. The van der Waals surface area contributed by atoms with Gasteiger partial charge >= 0.3 is 0 Å². The highest BCUT2D eigenvalue weighted by atomic mass is 15.3. The van der Waals surface area contributed by atoms with Crippen molar-refractivity contribution in [1.29, 1.82) is 0 Å². The van der Waals surface area contributed by atoms with Gasteiger partial charge in [-0.15, -0.1) is 0 Å². The molecule has 0 radical (unpaired) electrons. The van der Waals surface area contributed by atoms with Gasteiger partial charge in [-0.25, -0.2) is 4.98 Å². The van der Waals surface area contributed by atoms with Crippen molar-refractivity contribution in [3.63, 3.8) is 0 Å². The second-order valence-electron chi connectivity index (χ2n) is 7.23. The normalized spacial score (nSPS) is 32.9. The Morgan fingerprint density at radius 3 is 2.73 bits per heavy atom. The van der Waals surface area contributed by atoms with Crippen LogP contribution in [0.5, 0.6) is 0 Å². The summed E-state index contributed by atoms with van der Waals surface area (Å²) in [6.07, 6.45) is 9.06. The molecule has 3 unspecified atom stereocenters. The van der Waals surface area contributed by atoms with Crippen LogP contribution in [0.25, 0.3) is 0 Å². The van der Waals surface area contributed by atoms with Gasteiger partial charge in [0.05, 0.1) is 0 Å². The summed E-state index contributed by atoms with van der Waals surface area (Å²) in [5, 5.41) is 3.92. The number of aromatic nitrogens is 1. The van der Waals surface area contributed by atoms with Gasteiger partial charge in [0.15, 0.2) is 0 Å². The summed E-state index contributed by atoms with van der Waals surface area (Å²) in [5.41, 5.74) is 0. The molecular formula is C18H28N4. The molecule has 2 saturated heterocycles. The molecular weight excluding hydrogens is 272 g/mol. The number of hydrogen-bond donors (Lipinski definition) is 1. The minimum atomic E-state index is 0.731. The summed E-state index contributed by atoms with van der Waals surface area (Å²) >= 11 is 0. The van der Waals surface area contributed by atoms with Gasteiger partial charge in [0.1, 0.15) is 5.82 Å². The van der Waals surface area contributed by atoms with Crippen LogP contribution in [-0.4, -0.2) is 54.7 Å². The first-order chi connectivity index (χ1) is 10.9. The Labute approximate surface area is 133 Å². The minimum absolute atomic E-state index is 0.731. The van der Waals surface area contributed by atoms with Crippen LogP contribution in [0.4, 0.5) is 5.82 Å². The van der Waals surface area contributed by atoms with Crippen molar-refractivity contribution < 1.29 is 0 Å². The van der Waals surface area contributed by atoms with E-state index in [1.165, 1.54) is 51.7 Å². The van der Waals surface area contributed by atoms with Crippen molar-refractivity contribution in [2.45, 2.75) is 44.2 Å². The summed E-state index contributed by atoms with van der Waals surface area (Å²) < 4.78 is 0. The molecule has 1 aliphatic carbocycles. The van der Waals surface area contributed by atoms with E-state index in [0.717, 1.165) is 36.9 Å². The second kappa shape index (κ2) is 6.55. The number of fused-ring (bicyclic) bond motifs is 1. The van der Waals surface area contributed by atoms with Crippen molar-refractivity contribution in [3.05, 3.63) is 24.4 Å². The molecule has 1 aromatic heterocycles. The van der Waals surface area contributed by atoms with Crippen LogP contribution >= 0.6 is 0 Å². The number of anilines is 1. The highest BCUT2D eigenvalue weighted by molar-refractivity contribution is 5.38. The number of hydrogen-bond acceptors (Lipinski definition) is 4. The van der Waals surface area contributed by atoms with Crippen LogP contribution in [0.1, 0.15) is 32.1 Å². The lowest BCUT2D eigenvalue weighted by Gasteiger charge is -2.36. The smallest absolute Gasteiger partial charge is 0.128 e. The monoisotopic (exact) mass is 300 g/mol. The molecule has 0 amide bonds. The Bertz CT molecular complexity index is 455. The van der Waals surface area contributed by atoms with E-state index in [1.807, 2.05) is 12.3 Å². The molecule has 22 heavy (non-hydrogen) atoms. The molecule has 1 N–H and O–H groups in total. The number of piperazine rings is 1. The SMILES string of the molecule is c1ccc(N2CCN(CC3CC4CCCCC4N3)CC2)nc1. The van der Waals surface area contributed by atoms with E-state index >= 15 is 0 Å². The van der Waals surface area contributed by atoms with Crippen LogP contribution in [0.15, 0.2) is 24.4 Å². The maximum absolute atomic E-state index is 4.47. The standard InChI is InChI=1S/C18H28N4/c1-2-6-17-15(5-1)13-16(20-17)14-21-9-11-22(12-10-21)18-7-3-4-8-19-18/h3-4,7-8,15-17,20H,1-2,5-6,9-14H2. The van der Waals surface area contributed by atoms with Gasteiger partial charge in [-0.05, 0) is 37.3 Å². The second-order valence-corrected chi connectivity index (χ2v) is 7.23. The topological polar surface area (TPSA) is 31.4 Å². The van der Waals surface area contributed by atoms with Crippen molar-refractivity contribution in [2.75, 3.05) is 37.6 Å². The molecule has 0 aromatic carbocycles. The third-order valence-corrected chi connectivity index (χ3v) is 5.77. The van der Waals surface area contributed by atoms with Gasteiger partial charge in [-0.2, -0.15) is 0 Å². The van der Waals surface area contributed by atoms with E-state index in [9.17, 15) is 0 Å². The first-order valence-electron chi connectivity index (χ1n) is 9.03. The molecule has 0 bridgehead atoms. The Morgan fingerprint density at radius 2 is 1.95 bits per heavy atom. The van der Waals surface area contributed by atoms with Crippen molar-refractivity contribution in [2.24, 2.45) is 5.92 Å². The third-order valence-electron chi connectivity index (χ3n) is 5.77. The zero-order valence-corrected chi connectivity index (χ0v) is 13.5. The maximum Gasteiger partial charge on any atom is 0.128 e. The lowest BCUT2D eigenvalue weighted by Crippen LogP contribution is -2.50. The fraction of sp³-hybridized carbons (Fsp3) is 0.722. The van der Waals surface area contributed by atoms with Gasteiger partial charge < -0.3 is 10.2 Å². The predicted molar refractivity (Wildman–Crippen MR) is 90.2 cm³/mol. The first-order valence-corrected chi connectivity index (χ1v) is 9.03. The summed E-state index contributed by atoms with van der Waals surface area (Å²) in [5.74, 6) is 2.10. The van der Waals surface area contributed by atoms with Gasteiger partial charge in [0.2, 0.25) is 0 Å². The number of nitrogens with zero attached hydrogens (tertiary/aromatic N) is 3. The molecule has 1 saturated carbocycles. The van der Waals surface area contributed by atoms with E-state index in [2.05, 4.69) is 32.2 Å². The van der Waals surface area contributed by atoms with Crippen LogP contribution in [0.3, 0.4) is 0 Å². The summed E-state index contributed by atoms with van der Waals surface area (Å²) in [6.45, 7) is 5.80. The summed E-state index contributed by atoms with van der Waals surface area (Å²) in [4.78, 5) is 9.54. The largest absolute Gasteiger partial charge is 0.354 e. The molecule has 4 heteroatoms. The summed E-state index contributed by atoms with van der Waals surface area (Å²) in [6, 6.07) is 7.76. The van der Waals surface area contributed by atoms with Gasteiger partial charge in [-0.1, -0.05) is 18.9 Å². The summed E-state index contributed by atoms with van der Waals surface area (Å²) in [7, 11) is 0. The fourth-order valence-corrected chi connectivity index (χ4v) is 4.58. The zero-order chi connectivity index (χ0) is 14.8. The van der Waals surface area contributed by atoms with E-state index in [-0.39, 0.29) is 0 Å². The predicted octanol–water partition coefficient (Wildman–Crippen LogP) is 2.12. The Balaban J connectivity index is 1.26. The number of pyridine rings is 1. The Hall–Kier alpha value is -1.13. The van der Waals surface area contributed by atoms with Gasteiger partial charge in [0, 0.05) is 51.0 Å². The third kappa shape index (κ3) is 3.13. The van der Waals surface area contributed by atoms with Gasteiger partial charge in [0.25, 0.3) is 0 Å². The molecule has 3 heterocycles. The van der Waals surface area contributed by atoms with E-state index in [4.69, 9.17) is 0 Å². The molecule has 120 valence electrons. The van der Waals surface area contributed by atoms with Crippen LogP contribution < -0.4 is 10.2 Å². The lowest BCUT2D eigenvalue weighted by atomic mass is 9.85. The lowest BCUT2D eigenvalue weighted by molar-refractivity contribution is 0.233. The highest BCUT2D eigenvalue weighted by Crippen LogP contribution is 2.33. The molecule has 4 rings (SSSR count). The van der Waals surface area contributed by atoms with Crippen LogP contribution in [0, 0.1) is 5.92 Å². The highest BCUT2D eigenvalue weighted by Gasteiger charge is 2.35. The van der Waals surface area contributed by atoms with Crippen LogP contribution in [-0.2, 0) is 0 Å². The van der Waals surface area contributed by atoms with Crippen LogP contribution in [0.2, 0.25) is 0 Å². The average Bonchev–Trinajstić information content (AvgIpc) is 2.98. The zero-order valence-electron chi connectivity index (χ0n) is 13.5. The minimum Gasteiger partial charge on any atom is -0.354 e. The quantitative estimate of drug-likeness (QED) is 0.926. The van der Waals surface area contributed by atoms with Gasteiger partial charge in [-0.3, -0.25) is 4.90 Å². The Kier molecular flexibility index (Phi) is 4.30. The van der Waals surface area contributed by atoms with E-state index in [0.29, 0.717) is 0 Å². The van der Waals surface area contributed by atoms with E-state index in [1.54, 1.807) is 0 Å². The number of nitrogens with one attached hydrogen (secondary N) is 1. The molecule has 2 aliphatic heterocycles. The fourth-order valence-electron chi connectivity index (χ4n) is 4.58. The first kappa shape index (κ1) is 14.5. The van der Waals surface area contributed by atoms with Crippen molar-refractivity contribution >= 4 is 5.82 Å².